The Hall–Kier alpha value is -2.18. The highest BCUT2D eigenvalue weighted by Gasteiger charge is 2.42. The molecule has 142 valence electrons. The third-order valence-corrected chi connectivity index (χ3v) is 6.08. The monoisotopic (exact) mass is 361 g/mol. The molecule has 2 aliphatic rings. The molecule has 0 spiro atoms. The summed E-state index contributed by atoms with van der Waals surface area (Å²) in [6, 6.07) is 0.0648. The quantitative estimate of drug-likeness (QED) is 0.473. The van der Waals surface area contributed by atoms with Gasteiger partial charge in [0.2, 0.25) is 0 Å². The van der Waals surface area contributed by atoms with Gasteiger partial charge in [0.1, 0.15) is 0 Å². The fourth-order valence-electron chi connectivity index (χ4n) is 4.71. The van der Waals surface area contributed by atoms with Gasteiger partial charge in [-0.1, -0.05) is 6.42 Å². The van der Waals surface area contributed by atoms with Gasteiger partial charge in [0.15, 0.2) is 6.61 Å². The van der Waals surface area contributed by atoms with Crippen molar-refractivity contribution in [3.8, 4) is 0 Å². The number of ether oxygens (including phenoxy) is 1. The maximum Gasteiger partial charge on any atom is 0.380 e. The predicted octanol–water partition coefficient (Wildman–Crippen LogP) is 1.70. The predicted molar refractivity (Wildman–Crippen MR) is 94.5 cm³/mol. The Bertz CT molecular complexity index is 739. The Labute approximate surface area is 153 Å². The second kappa shape index (κ2) is 7.21. The number of hydrogen-bond acceptors (Lipinski definition) is 5. The molecule has 0 aliphatic heterocycles. The SMILES string of the molecule is Cc1nn(C)c(C)c1C(=O)C(=O)OCC(=O)N[C@@H](C)[C@@H]1C[C@H]2CC[C@H]1C2. The Balaban J connectivity index is 1.49. The van der Waals surface area contributed by atoms with Crippen molar-refractivity contribution in [2.75, 3.05) is 6.61 Å². The van der Waals surface area contributed by atoms with E-state index in [1.807, 2.05) is 6.92 Å². The summed E-state index contributed by atoms with van der Waals surface area (Å²) in [4.78, 5) is 36.4. The fraction of sp³-hybridized carbons (Fsp3) is 0.684. The van der Waals surface area contributed by atoms with Gasteiger partial charge in [0.05, 0.1) is 11.3 Å². The molecule has 2 fully saturated rings. The summed E-state index contributed by atoms with van der Waals surface area (Å²) in [5.74, 6) is -0.118. The van der Waals surface area contributed by atoms with E-state index >= 15 is 0 Å². The Morgan fingerprint density at radius 1 is 1.27 bits per heavy atom. The average molecular weight is 361 g/mol. The number of aryl methyl sites for hydroxylation is 2. The number of nitrogens with one attached hydrogen (secondary N) is 1. The number of esters is 1. The van der Waals surface area contributed by atoms with Gasteiger partial charge < -0.3 is 10.1 Å². The zero-order chi connectivity index (χ0) is 19.0. The minimum atomic E-state index is -1.02. The first kappa shape index (κ1) is 18.6. The number of rotatable bonds is 6. The zero-order valence-electron chi connectivity index (χ0n) is 15.9. The van der Waals surface area contributed by atoms with Crippen LogP contribution in [0.2, 0.25) is 0 Å². The largest absolute Gasteiger partial charge is 0.450 e. The van der Waals surface area contributed by atoms with Crippen LogP contribution in [0.1, 0.15) is 54.4 Å². The standard InChI is InChI=1S/C19H27N3O4/c1-10(15-8-13-5-6-14(15)7-13)20-16(23)9-26-19(25)18(24)17-11(2)21-22(4)12(17)3/h10,13-15H,5-9H2,1-4H3,(H,20,23)/t10-,13-,14-,15-/m0/s1. The van der Waals surface area contributed by atoms with Gasteiger partial charge >= 0.3 is 5.97 Å². The summed E-state index contributed by atoms with van der Waals surface area (Å²) in [5, 5.41) is 7.04. The lowest BCUT2D eigenvalue weighted by molar-refractivity contribution is -0.144. The number of amides is 1. The van der Waals surface area contributed by atoms with Gasteiger partial charge in [-0.15, -0.1) is 0 Å². The Morgan fingerprint density at radius 2 is 2.00 bits per heavy atom. The second-order valence-electron chi connectivity index (χ2n) is 7.77. The first-order valence-electron chi connectivity index (χ1n) is 9.29. The molecular formula is C19H27N3O4. The van der Waals surface area contributed by atoms with E-state index in [1.54, 1.807) is 25.6 Å². The van der Waals surface area contributed by atoms with Crippen LogP contribution in [-0.4, -0.2) is 40.1 Å². The highest BCUT2D eigenvalue weighted by molar-refractivity contribution is 6.41. The van der Waals surface area contributed by atoms with Crippen LogP contribution in [0.25, 0.3) is 0 Å². The van der Waals surface area contributed by atoms with Crippen LogP contribution in [0.15, 0.2) is 0 Å². The molecule has 26 heavy (non-hydrogen) atoms. The average Bonchev–Trinajstić information content (AvgIpc) is 3.28. The molecule has 3 rings (SSSR count). The van der Waals surface area contributed by atoms with E-state index in [0.717, 1.165) is 5.92 Å². The minimum Gasteiger partial charge on any atom is -0.450 e. The Kier molecular flexibility index (Phi) is 5.16. The van der Waals surface area contributed by atoms with Crippen molar-refractivity contribution in [3.63, 3.8) is 0 Å². The first-order valence-corrected chi connectivity index (χ1v) is 9.29. The second-order valence-corrected chi connectivity index (χ2v) is 7.77. The number of fused-ring (bicyclic) bond motifs is 2. The summed E-state index contributed by atoms with van der Waals surface area (Å²) in [7, 11) is 1.70. The summed E-state index contributed by atoms with van der Waals surface area (Å²) >= 11 is 0. The number of aromatic nitrogens is 2. The molecular weight excluding hydrogens is 334 g/mol. The number of Topliss-reactive ketones (excluding diaryl/α,β-unsaturated/α-hetero) is 1. The van der Waals surface area contributed by atoms with Crippen molar-refractivity contribution < 1.29 is 19.1 Å². The van der Waals surface area contributed by atoms with Gasteiger partial charge in [0, 0.05) is 18.8 Å². The lowest BCUT2D eigenvalue weighted by Crippen LogP contribution is -2.42. The third-order valence-electron chi connectivity index (χ3n) is 6.08. The molecule has 0 aromatic carbocycles. The molecule has 0 saturated heterocycles. The van der Waals surface area contributed by atoms with Gasteiger partial charge in [-0.25, -0.2) is 4.79 Å². The fourth-order valence-corrected chi connectivity index (χ4v) is 4.71. The maximum absolute atomic E-state index is 12.3. The van der Waals surface area contributed by atoms with Gasteiger partial charge in [0.25, 0.3) is 11.7 Å². The topological polar surface area (TPSA) is 90.3 Å². The summed E-state index contributed by atoms with van der Waals surface area (Å²) in [6.45, 7) is 4.95. The number of hydrogen-bond donors (Lipinski definition) is 1. The van der Waals surface area contributed by atoms with Crippen molar-refractivity contribution in [1.29, 1.82) is 0 Å². The van der Waals surface area contributed by atoms with Crippen molar-refractivity contribution in [2.24, 2.45) is 24.8 Å². The van der Waals surface area contributed by atoms with E-state index in [-0.39, 0.29) is 17.5 Å². The summed E-state index contributed by atoms with van der Waals surface area (Å²) < 4.78 is 6.47. The summed E-state index contributed by atoms with van der Waals surface area (Å²) in [5.41, 5.74) is 1.31. The molecule has 1 amide bonds. The van der Waals surface area contributed by atoms with Crippen LogP contribution in [-0.2, 0) is 21.4 Å². The van der Waals surface area contributed by atoms with E-state index in [4.69, 9.17) is 4.74 Å². The molecule has 2 aliphatic carbocycles. The molecule has 1 aromatic rings. The third kappa shape index (κ3) is 3.52. The van der Waals surface area contributed by atoms with E-state index in [1.165, 1.54) is 25.7 Å². The maximum atomic E-state index is 12.3. The van der Waals surface area contributed by atoms with Crippen LogP contribution >= 0.6 is 0 Å². The van der Waals surface area contributed by atoms with Crippen molar-refractivity contribution >= 4 is 17.7 Å². The molecule has 2 saturated carbocycles. The number of carbonyl (C=O) groups excluding carboxylic acids is 3. The van der Waals surface area contributed by atoms with Gasteiger partial charge in [-0.3, -0.25) is 14.3 Å². The molecule has 1 heterocycles. The lowest BCUT2D eigenvalue weighted by Gasteiger charge is -2.28. The lowest BCUT2D eigenvalue weighted by atomic mass is 9.84. The summed E-state index contributed by atoms with van der Waals surface area (Å²) in [6.07, 6.45) is 5.01. The molecule has 1 aromatic heterocycles. The van der Waals surface area contributed by atoms with E-state index < -0.39 is 18.4 Å². The van der Waals surface area contributed by atoms with Crippen LogP contribution in [0, 0.1) is 31.6 Å². The number of ketones is 1. The molecule has 0 unspecified atom stereocenters. The molecule has 1 N–H and O–H groups in total. The van der Waals surface area contributed by atoms with Crippen LogP contribution in [0.3, 0.4) is 0 Å². The molecule has 7 nitrogen and oxygen atoms in total. The molecule has 0 radical (unpaired) electrons. The number of nitrogens with zero attached hydrogens (tertiary/aromatic N) is 2. The minimum absolute atomic E-state index is 0.0648. The van der Waals surface area contributed by atoms with E-state index in [9.17, 15) is 14.4 Å². The highest BCUT2D eigenvalue weighted by atomic mass is 16.5. The van der Waals surface area contributed by atoms with Crippen LogP contribution < -0.4 is 5.32 Å². The van der Waals surface area contributed by atoms with Gasteiger partial charge in [-0.05, 0) is 57.8 Å². The van der Waals surface area contributed by atoms with Gasteiger partial charge in [-0.2, -0.15) is 5.10 Å². The van der Waals surface area contributed by atoms with Crippen LogP contribution in [0.4, 0.5) is 0 Å². The zero-order valence-corrected chi connectivity index (χ0v) is 15.9. The van der Waals surface area contributed by atoms with Crippen molar-refractivity contribution in [1.82, 2.24) is 15.1 Å². The Morgan fingerprint density at radius 3 is 2.54 bits per heavy atom. The molecule has 4 atom stereocenters. The van der Waals surface area contributed by atoms with Crippen LogP contribution in [0.5, 0.6) is 0 Å². The molecule has 7 heteroatoms. The highest BCUT2D eigenvalue weighted by Crippen LogP contribution is 2.49. The van der Waals surface area contributed by atoms with E-state index in [0.29, 0.717) is 23.2 Å². The smallest absolute Gasteiger partial charge is 0.380 e. The van der Waals surface area contributed by atoms with Crippen molar-refractivity contribution in [3.05, 3.63) is 17.0 Å². The first-order chi connectivity index (χ1) is 12.3. The number of carbonyl (C=O) groups is 3. The normalized spacial score (nSPS) is 25.2. The van der Waals surface area contributed by atoms with Crippen molar-refractivity contribution in [2.45, 2.75) is 52.5 Å². The molecule has 2 bridgehead atoms. The van der Waals surface area contributed by atoms with E-state index in [2.05, 4.69) is 10.4 Å².